The zero-order valence-corrected chi connectivity index (χ0v) is 11.3. The van der Waals surface area contributed by atoms with Gasteiger partial charge in [-0.05, 0) is 36.8 Å². The minimum Gasteiger partial charge on any atom is -0.399 e. The van der Waals surface area contributed by atoms with Crippen molar-refractivity contribution in [2.75, 3.05) is 5.73 Å². The Bertz CT molecular complexity index is 686. The number of nitrogens with two attached hydrogens (primary N) is 1. The van der Waals surface area contributed by atoms with Gasteiger partial charge in [-0.15, -0.1) is 0 Å². The van der Waals surface area contributed by atoms with Gasteiger partial charge in [0.25, 0.3) is 0 Å². The number of nitrogens with zero attached hydrogens (tertiary/aromatic N) is 3. The fourth-order valence-electron chi connectivity index (χ4n) is 2.29. The smallest absolute Gasteiger partial charge is 0.0956 e. The highest BCUT2D eigenvalue weighted by Gasteiger charge is 2.12. The first-order chi connectivity index (χ1) is 9.75. The fourth-order valence-corrected chi connectivity index (χ4v) is 2.29. The van der Waals surface area contributed by atoms with Gasteiger partial charge < -0.3 is 10.3 Å². The van der Waals surface area contributed by atoms with Crippen LogP contribution in [0.15, 0.2) is 61.3 Å². The Morgan fingerprint density at radius 1 is 1.00 bits per heavy atom. The lowest BCUT2D eigenvalue weighted by atomic mass is 10.1. The summed E-state index contributed by atoms with van der Waals surface area (Å²) in [5.74, 6) is 0. The van der Waals surface area contributed by atoms with E-state index in [-0.39, 0.29) is 6.04 Å². The van der Waals surface area contributed by atoms with Crippen LogP contribution in [0, 0.1) is 0 Å². The number of rotatable bonds is 3. The third-order valence-corrected chi connectivity index (χ3v) is 3.48. The third kappa shape index (κ3) is 2.28. The van der Waals surface area contributed by atoms with Crippen LogP contribution < -0.4 is 5.73 Å². The van der Waals surface area contributed by atoms with Crippen LogP contribution in [0.4, 0.5) is 5.69 Å². The molecule has 2 aromatic heterocycles. The molecule has 0 aliphatic rings. The Hall–Kier alpha value is -2.62. The van der Waals surface area contributed by atoms with Crippen LogP contribution in [0.3, 0.4) is 0 Å². The molecule has 2 heterocycles. The lowest BCUT2D eigenvalue weighted by Crippen LogP contribution is -2.07. The summed E-state index contributed by atoms with van der Waals surface area (Å²) in [5.41, 5.74) is 9.91. The zero-order chi connectivity index (χ0) is 13.9. The SMILES string of the molecule is CC(c1ccc(N)cc1)n1cncc1-c1ccncc1. The molecule has 0 radical (unpaired) electrons. The first-order valence-corrected chi connectivity index (χ1v) is 6.53. The van der Waals surface area contributed by atoms with Gasteiger partial charge in [0.05, 0.1) is 24.3 Å². The molecule has 20 heavy (non-hydrogen) atoms. The maximum atomic E-state index is 5.74. The molecule has 0 fully saturated rings. The Morgan fingerprint density at radius 3 is 2.40 bits per heavy atom. The highest BCUT2D eigenvalue weighted by atomic mass is 15.1. The predicted molar refractivity (Wildman–Crippen MR) is 80.1 cm³/mol. The van der Waals surface area contributed by atoms with E-state index in [0.29, 0.717) is 0 Å². The summed E-state index contributed by atoms with van der Waals surface area (Å²) in [5, 5.41) is 0. The molecule has 0 spiro atoms. The molecule has 3 aromatic rings. The average Bonchev–Trinajstić information content (AvgIpc) is 2.97. The summed E-state index contributed by atoms with van der Waals surface area (Å²) in [6.07, 6.45) is 7.32. The summed E-state index contributed by atoms with van der Waals surface area (Å²) in [6, 6.07) is 12.1. The number of hydrogen-bond acceptors (Lipinski definition) is 3. The second-order valence-corrected chi connectivity index (χ2v) is 4.76. The van der Waals surface area contributed by atoms with Gasteiger partial charge in [-0.2, -0.15) is 0 Å². The van der Waals surface area contributed by atoms with Crippen molar-refractivity contribution in [3.05, 3.63) is 66.9 Å². The van der Waals surface area contributed by atoms with Crippen LogP contribution in [0.25, 0.3) is 11.3 Å². The van der Waals surface area contributed by atoms with Crippen LogP contribution in [-0.4, -0.2) is 14.5 Å². The molecular formula is C16H16N4. The predicted octanol–water partition coefficient (Wildman–Crippen LogP) is 3.14. The Balaban J connectivity index is 1.99. The number of pyridine rings is 1. The molecule has 1 aromatic carbocycles. The van der Waals surface area contributed by atoms with E-state index in [1.54, 1.807) is 12.4 Å². The quantitative estimate of drug-likeness (QED) is 0.739. The molecule has 0 amide bonds. The number of anilines is 1. The van der Waals surface area contributed by atoms with E-state index in [2.05, 4.69) is 33.6 Å². The van der Waals surface area contributed by atoms with E-state index in [4.69, 9.17) is 5.73 Å². The Kier molecular flexibility index (Phi) is 3.21. The molecule has 2 N–H and O–H groups in total. The average molecular weight is 264 g/mol. The van der Waals surface area contributed by atoms with Crippen molar-refractivity contribution in [1.29, 1.82) is 0 Å². The minimum absolute atomic E-state index is 0.196. The van der Waals surface area contributed by atoms with Crippen LogP contribution in [0.2, 0.25) is 0 Å². The first-order valence-electron chi connectivity index (χ1n) is 6.53. The molecule has 0 saturated heterocycles. The molecular weight excluding hydrogens is 248 g/mol. The molecule has 1 atom stereocenters. The topological polar surface area (TPSA) is 56.7 Å². The molecule has 1 unspecified atom stereocenters. The molecule has 0 aliphatic carbocycles. The second-order valence-electron chi connectivity index (χ2n) is 4.76. The van der Waals surface area contributed by atoms with Crippen molar-refractivity contribution in [1.82, 2.24) is 14.5 Å². The van der Waals surface area contributed by atoms with Gasteiger partial charge in [0.1, 0.15) is 0 Å². The van der Waals surface area contributed by atoms with Crippen molar-refractivity contribution >= 4 is 5.69 Å². The van der Waals surface area contributed by atoms with Gasteiger partial charge in [-0.25, -0.2) is 4.98 Å². The normalized spacial score (nSPS) is 12.2. The van der Waals surface area contributed by atoms with E-state index >= 15 is 0 Å². The van der Waals surface area contributed by atoms with Gasteiger partial charge in [-0.3, -0.25) is 4.98 Å². The lowest BCUT2D eigenvalue weighted by molar-refractivity contribution is 0.644. The highest BCUT2D eigenvalue weighted by Crippen LogP contribution is 2.26. The summed E-state index contributed by atoms with van der Waals surface area (Å²) >= 11 is 0. The number of benzene rings is 1. The minimum atomic E-state index is 0.196. The van der Waals surface area contributed by atoms with Crippen molar-refractivity contribution in [2.24, 2.45) is 0 Å². The summed E-state index contributed by atoms with van der Waals surface area (Å²) in [7, 11) is 0. The van der Waals surface area contributed by atoms with E-state index in [1.807, 2.05) is 36.8 Å². The number of nitrogen functional groups attached to an aromatic ring is 1. The van der Waals surface area contributed by atoms with E-state index < -0.39 is 0 Å². The van der Waals surface area contributed by atoms with Crippen LogP contribution in [0.5, 0.6) is 0 Å². The van der Waals surface area contributed by atoms with Crippen LogP contribution >= 0.6 is 0 Å². The van der Waals surface area contributed by atoms with E-state index in [1.165, 1.54) is 5.56 Å². The standard InChI is InChI=1S/C16H16N4/c1-12(13-2-4-15(17)5-3-13)20-11-19-10-16(20)14-6-8-18-9-7-14/h2-12H,17H2,1H3. The molecule has 0 saturated carbocycles. The monoisotopic (exact) mass is 264 g/mol. The maximum absolute atomic E-state index is 5.74. The zero-order valence-electron chi connectivity index (χ0n) is 11.3. The highest BCUT2D eigenvalue weighted by molar-refractivity contribution is 5.58. The number of aromatic nitrogens is 3. The van der Waals surface area contributed by atoms with E-state index in [9.17, 15) is 0 Å². The van der Waals surface area contributed by atoms with E-state index in [0.717, 1.165) is 16.9 Å². The first kappa shape index (κ1) is 12.4. The Labute approximate surface area is 117 Å². The summed E-state index contributed by atoms with van der Waals surface area (Å²) in [6.45, 7) is 2.15. The van der Waals surface area contributed by atoms with Crippen molar-refractivity contribution in [2.45, 2.75) is 13.0 Å². The largest absolute Gasteiger partial charge is 0.399 e. The lowest BCUT2D eigenvalue weighted by Gasteiger charge is -2.17. The van der Waals surface area contributed by atoms with Gasteiger partial charge in [0.15, 0.2) is 0 Å². The second kappa shape index (κ2) is 5.17. The van der Waals surface area contributed by atoms with Crippen molar-refractivity contribution in [3.63, 3.8) is 0 Å². The Morgan fingerprint density at radius 2 is 1.70 bits per heavy atom. The third-order valence-electron chi connectivity index (χ3n) is 3.48. The summed E-state index contributed by atoms with van der Waals surface area (Å²) in [4.78, 5) is 8.33. The van der Waals surface area contributed by atoms with Gasteiger partial charge >= 0.3 is 0 Å². The van der Waals surface area contributed by atoms with Gasteiger partial charge in [0.2, 0.25) is 0 Å². The van der Waals surface area contributed by atoms with Gasteiger partial charge in [0, 0.05) is 23.6 Å². The molecule has 4 heteroatoms. The van der Waals surface area contributed by atoms with Gasteiger partial charge in [-0.1, -0.05) is 12.1 Å². The summed E-state index contributed by atoms with van der Waals surface area (Å²) < 4.78 is 2.15. The molecule has 3 rings (SSSR count). The maximum Gasteiger partial charge on any atom is 0.0956 e. The molecule has 0 bridgehead atoms. The fraction of sp³-hybridized carbons (Fsp3) is 0.125. The molecule has 0 aliphatic heterocycles. The molecule has 100 valence electrons. The van der Waals surface area contributed by atoms with Crippen LogP contribution in [0.1, 0.15) is 18.5 Å². The molecule has 4 nitrogen and oxygen atoms in total. The number of hydrogen-bond donors (Lipinski definition) is 1. The van der Waals surface area contributed by atoms with Crippen molar-refractivity contribution < 1.29 is 0 Å². The number of imidazole rings is 1. The van der Waals surface area contributed by atoms with Crippen LogP contribution in [-0.2, 0) is 0 Å². The van der Waals surface area contributed by atoms with Crippen molar-refractivity contribution in [3.8, 4) is 11.3 Å².